The Morgan fingerprint density at radius 1 is 0.828 bits per heavy atom. The molecule has 0 unspecified atom stereocenters. The van der Waals surface area contributed by atoms with Gasteiger partial charge in [-0.1, -0.05) is 40.9 Å². The zero-order valence-electron chi connectivity index (χ0n) is 14.8. The standard InChI is InChI=1S/C21H14Cl3NO4/c22-14-2-1-3-17(10-14)28-12-20(26)29-16-7-4-13(5-8-16)21(27)25-19-11-15(23)6-9-18(19)24/h1-11H,12H2,(H,25,27). The molecule has 0 fully saturated rings. The van der Waals surface area contributed by atoms with E-state index in [1.807, 2.05) is 0 Å². The fourth-order valence-electron chi connectivity index (χ4n) is 2.32. The van der Waals surface area contributed by atoms with E-state index in [-0.39, 0.29) is 18.3 Å². The maximum Gasteiger partial charge on any atom is 0.349 e. The minimum Gasteiger partial charge on any atom is -0.482 e. The first-order valence-electron chi connectivity index (χ1n) is 8.36. The van der Waals surface area contributed by atoms with Gasteiger partial charge in [-0.05, 0) is 60.7 Å². The van der Waals surface area contributed by atoms with Crippen LogP contribution in [0.25, 0.3) is 0 Å². The molecule has 1 N–H and O–H groups in total. The first kappa shape index (κ1) is 21.0. The van der Waals surface area contributed by atoms with Gasteiger partial charge in [0, 0.05) is 15.6 Å². The molecule has 8 heteroatoms. The zero-order chi connectivity index (χ0) is 20.8. The van der Waals surface area contributed by atoms with Crippen LogP contribution in [0.15, 0.2) is 66.7 Å². The lowest BCUT2D eigenvalue weighted by atomic mass is 10.2. The molecule has 0 atom stereocenters. The largest absolute Gasteiger partial charge is 0.482 e. The third-order valence-electron chi connectivity index (χ3n) is 3.68. The van der Waals surface area contributed by atoms with Gasteiger partial charge in [-0.3, -0.25) is 4.79 Å². The van der Waals surface area contributed by atoms with Gasteiger partial charge in [-0.2, -0.15) is 0 Å². The van der Waals surface area contributed by atoms with E-state index in [4.69, 9.17) is 44.3 Å². The molecule has 148 valence electrons. The highest BCUT2D eigenvalue weighted by atomic mass is 35.5. The smallest absolute Gasteiger partial charge is 0.349 e. The maximum absolute atomic E-state index is 12.3. The summed E-state index contributed by atoms with van der Waals surface area (Å²) in [7, 11) is 0. The van der Waals surface area contributed by atoms with Crippen molar-refractivity contribution in [2.24, 2.45) is 0 Å². The highest BCUT2D eigenvalue weighted by Crippen LogP contribution is 2.26. The van der Waals surface area contributed by atoms with Crippen LogP contribution < -0.4 is 14.8 Å². The number of nitrogens with one attached hydrogen (secondary N) is 1. The van der Waals surface area contributed by atoms with E-state index >= 15 is 0 Å². The second-order valence-electron chi connectivity index (χ2n) is 5.82. The molecular weight excluding hydrogens is 437 g/mol. The molecule has 0 bridgehead atoms. The Balaban J connectivity index is 1.56. The van der Waals surface area contributed by atoms with Crippen molar-refractivity contribution in [1.29, 1.82) is 0 Å². The van der Waals surface area contributed by atoms with E-state index in [1.165, 1.54) is 24.3 Å². The molecule has 0 aliphatic rings. The summed E-state index contributed by atoms with van der Waals surface area (Å²) in [5.74, 6) is -0.229. The summed E-state index contributed by atoms with van der Waals surface area (Å²) in [4.78, 5) is 24.3. The van der Waals surface area contributed by atoms with Crippen molar-refractivity contribution in [1.82, 2.24) is 0 Å². The summed E-state index contributed by atoms with van der Waals surface area (Å²) >= 11 is 17.8. The minimum atomic E-state index is -0.590. The molecule has 0 aromatic heterocycles. The fourth-order valence-corrected chi connectivity index (χ4v) is 2.84. The summed E-state index contributed by atoms with van der Waals surface area (Å²) in [5.41, 5.74) is 0.758. The molecule has 3 aromatic carbocycles. The number of benzene rings is 3. The van der Waals surface area contributed by atoms with Crippen LogP contribution in [0.1, 0.15) is 10.4 Å². The molecule has 29 heavy (non-hydrogen) atoms. The van der Waals surface area contributed by atoms with Gasteiger partial charge in [0.2, 0.25) is 0 Å². The van der Waals surface area contributed by atoms with Crippen molar-refractivity contribution in [3.63, 3.8) is 0 Å². The number of hydrogen-bond acceptors (Lipinski definition) is 4. The summed E-state index contributed by atoms with van der Waals surface area (Å²) in [6.45, 7) is -0.282. The van der Waals surface area contributed by atoms with E-state index in [0.29, 0.717) is 32.1 Å². The fraction of sp³-hybridized carbons (Fsp3) is 0.0476. The van der Waals surface area contributed by atoms with Crippen LogP contribution in [0.2, 0.25) is 15.1 Å². The normalized spacial score (nSPS) is 10.3. The van der Waals surface area contributed by atoms with E-state index in [9.17, 15) is 9.59 Å². The second-order valence-corrected chi connectivity index (χ2v) is 7.10. The van der Waals surface area contributed by atoms with Gasteiger partial charge in [0.05, 0.1) is 10.7 Å². The predicted octanol–water partition coefficient (Wildman–Crippen LogP) is 5.88. The molecular formula is C21H14Cl3NO4. The second kappa shape index (κ2) is 9.65. The van der Waals surface area contributed by atoms with Gasteiger partial charge in [0.15, 0.2) is 6.61 Å². The van der Waals surface area contributed by atoms with Crippen molar-refractivity contribution in [3.05, 3.63) is 87.4 Å². The average Bonchev–Trinajstić information content (AvgIpc) is 2.70. The molecule has 3 aromatic rings. The Hall–Kier alpha value is -2.73. The van der Waals surface area contributed by atoms with E-state index < -0.39 is 5.97 Å². The number of carbonyl (C=O) groups is 2. The number of anilines is 1. The Labute approximate surface area is 182 Å². The summed E-state index contributed by atoms with van der Waals surface area (Å²) < 4.78 is 10.5. The molecule has 0 saturated carbocycles. The van der Waals surface area contributed by atoms with Crippen LogP contribution in [0.5, 0.6) is 11.5 Å². The molecule has 0 aliphatic heterocycles. The number of esters is 1. The van der Waals surface area contributed by atoms with Crippen LogP contribution in [-0.4, -0.2) is 18.5 Å². The van der Waals surface area contributed by atoms with E-state index in [1.54, 1.807) is 42.5 Å². The number of halogens is 3. The topological polar surface area (TPSA) is 64.6 Å². The van der Waals surface area contributed by atoms with Crippen LogP contribution >= 0.6 is 34.8 Å². The van der Waals surface area contributed by atoms with Gasteiger partial charge in [0.25, 0.3) is 5.91 Å². The van der Waals surface area contributed by atoms with Gasteiger partial charge in [0.1, 0.15) is 11.5 Å². The molecule has 3 rings (SSSR count). The van der Waals surface area contributed by atoms with Crippen LogP contribution in [0, 0.1) is 0 Å². The summed E-state index contributed by atoms with van der Waals surface area (Å²) in [5, 5.41) is 4.00. The molecule has 0 heterocycles. The molecule has 0 spiro atoms. The third kappa shape index (κ3) is 6.12. The van der Waals surface area contributed by atoms with Gasteiger partial charge >= 0.3 is 5.97 Å². The number of hydrogen-bond donors (Lipinski definition) is 1. The lowest BCUT2D eigenvalue weighted by molar-refractivity contribution is -0.136. The van der Waals surface area contributed by atoms with Gasteiger partial charge < -0.3 is 14.8 Å². The third-order valence-corrected chi connectivity index (χ3v) is 4.48. The summed E-state index contributed by atoms with van der Waals surface area (Å²) in [6, 6.07) is 17.5. The number of rotatable bonds is 6. The molecule has 1 amide bonds. The van der Waals surface area contributed by atoms with Crippen molar-refractivity contribution < 1.29 is 19.1 Å². The Bertz CT molecular complexity index is 1040. The Morgan fingerprint density at radius 3 is 2.28 bits per heavy atom. The van der Waals surface area contributed by atoms with Crippen LogP contribution in [-0.2, 0) is 4.79 Å². The SMILES string of the molecule is O=C(COc1cccc(Cl)c1)Oc1ccc(C(=O)Nc2cc(Cl)ccc2Cl)cc1. The van der Waals surface area contributed by atoms with Crippen molar-refractivity contribution in [2.75, 3.05) is 11.9 Å². The average molecular weight is 451 g/mol. The predicted molar refractivity (Wildman–Crippen MR) is 113 cm³/mol. The zero-order valence-corrected chi connectivity index (χ0v) is 17.1. The quantitative estimate of drug-likeness (QED) is 0.376. The number of ether oxygens (including phenoxy) is 2. The molecule has 5 nitrogen and oxygen atoms in total. The first-order valence-corrected chi connectivity index (χ1v) is 9.49. The van der Waals surface area contributed by atoms with Crippen LogP contribution in [0.3, 0.4) is 0 Å². The van der Waals surface area contributed by atoms with E-state index in [0.717, 1.165) is 0 Å². The minimum absolute atomic E-state index is 0.280. The molecule has 0 radical (unpaired) electrons. The van der Waals surface area contributed by atoms with Gasteiger partial charge in [-0.25, -0.2) is 4.79 Å². The lowest BCUT2D eigenvalue weighted by Crippen LogP contribution is -2.18. The van der Waals surface area contributed by atoms with Crippen molar-refractivity contribution >= 4 is 52.4 Å². The molecule has 0 saturated heterocycles. The maximum atomic E-state index is 12.3. The van der Waals surface area contributed by atoms with Crippen molar-refractivity contribution in [2.45, 2.75) is 0 Å². The molecule has 0 aliphatic carbocycles. The van der Waals surface area contributed by atoms with Gasteiger partial charge in [-0.15, -0.1) is 0 Å². The van der Waals surface area contributed by atoms with E-state index in [2.05, 4.69) is 5.32 Å². The highest BCUT2D eigenvalue weighted by Gasteiger charge is 2.11. The first-order chi connectivity index (χ1) is 13.9. The Morgan fingerprint density at radius 2 is 1.55 bits per heavy atom. The number of amides is 1. The highest BCUT2D eigenvalue weighted by molar-refractivity contribution is 6.35. The summed E-state index contributed by atoms with van der Waals surface area (Å²) in [6.07, 6.45) is 0. The monoisotopic (exact) mass is 449 g/mol. The lowest BCUT2D eigenvalue weighted by Gasteiger charge is -2.09. The number of carbonyl (C=O) groups excluding carboxylic acids is 2. The van der Waals surface area contributed by atoms with Crippen molar-refractivity contribution in [3.8, 4) is 11.5 Å². The van der Waals surface area contributed by atoms with Crippen LogP contribution in [0.4, 0.5) is 5.69 Å². The Kier molecular flexibility index (Phi) is 6.99.